The molecular formula is C26H44N2O12. The van der Waals surface area contributed by atoms with E-state index >= 15 is 0 Å². The van der Waals surface area contributed by atoms with Crippen molar-refractivity contribution in [3.05, 3.63) is 41.5 Å². The van der Waals surface area contributed by atoms with E-state index in [0.717, 1.165) is 5.56 Å². The van der Waals surface area contributed by atoms with Crippen LogP contribution in [0.1, 0.15) is 17.2 Å². The topological polar surface area (TPSA) is 251 Å². The molecule has 0 heterocycles. The molecule has 1 atom stereocenters. The number of phenolic OH excluding ortho intramolecular Hbond substituents is 1. The molecule has 0 radical (unpaired) electrons. The number of ether oxygens (including phenoxy) is 4. The van der Waals surface area contributed by atoms with Gasteiger partial charge in [0.25, 0.3) is 0 Å². The maximum atomic E-state index is 10.5. The standard InChI is InChI=1S/C18H22O6.2C4H11NO3/c1-21-15-6-5-11(8-14(15)20)7-13(19)12-9-16(22-2)18(24-4)17(10-12)23-3;2*5-4(1-6,2-7)3-8/h5-6,8-10,13,19-20H,7H2,1-4H3;2*6-8H,1-3,5H2/t13-;;/m1../s1. The first-order valence-electron chi connectivity index (χ1n) is 12.0. The Morgan fingerprint density at radius 2 is 1.05 bits per heavy atom. The Bertz CT molecular complexity index is 925. The van der Waals surface area contributed by atoms with Crippen LogP contribution in [-0.2, 0) is 6.42 Å². The minimum absolute atomic E-state index is 0.0343. The molecule has 0 fully saturated rings. The molecule has 0 amide bonds. The van der Waals surface area contributed by atoms with Gasteiger partial charge in [-0.2, -0.15) is 0 Å². The molecule has 14 nitrogen and oxygen atoms in total. The highest BCUT2D eigenvalue weighted by Gasteiger charge is 2.21. The summed E-state index contributed by atoms with van der Waals surface area (Å²) in [4.78, 5) is 0. The average Bonchev–Trinajstić information content (AvgIpc) is 3.00. The van der Waals surface area contributed by atoms with Crippen LogP contribution in [0.4, 0.5) is 0 Å². The van der Waals surface area contributed by atoms with E-state index in [1.165, 1.54) is 28.4 Å². The predicted molar refractivity (Wildman–Crippen MR) is 146 cm³/mol. The second kappa shape index (κ2) is 18.4. The van der Waals surface area contributed by atoms with E-state index in [2.05, 4.69) is 0 Å². The minimum Gasteiger partial charge on any atom is -0.504 e. The fourth-order valence-corrected chi connectivity index (χ4v) is 2.80. The molecule has 0 saturated carbocycles. The molecule has 2 aromatic rings. The van der Waals surface area contributed by atoms with Gasteiger partial charge in [-0.25, -0.2) is 0 Å². The second-order valence-electron chi connectivity index (χ2n) is 8.86. The number of aromatic hydroxyl groups is 1. The Kier molecular flexibility index (Phi) is 17.1. The molecule has 0 aliphatic rings. The lowest BCUT2D eigenvalue weighted by atomic mass is 10.00. The lowest BCUT2D eigenvalue weighted by Gasteiger charge is -2.20. The monoisotopic (exact) mass is 576 g/mol. The van der Waals surface area contributed by atoms with Crippen LogP contribution in [-0.4, -0.2) is 120 Å². The largest absolute Gasteiger partial charge is 0.504 e. The van der Waals surface area contributed by atoms with Crippen LogP contribution in [0.5, 0.6) is 28.7 Å². The fraction of sp³-hybridized carbons (Fsp3) is 0.538. The molecule has 40 heavy (non-hydrogen) atoms. The molecule has 2 aromatic carbocycles. The molecular weight excluding hydrogens is 532 g/mol. The highest BCUT2D eigenvalue weighted by molar-refractivity contribution is 5.54. The van der Waals surface area contributed by atoms with Gasteiger partial charge in [-0.15, -0.1) is 0 Å². The first kappa shape index (κ1) is 37.1. The number of phenols is 1. The maximum Gasteiger partial charge on any atom is 0.203 e. The van der Waals surface area contributed by atoms with Crippen LogP contribution >= 0.6 is 0 Å². The van der Waals surface area contributed by atoms with Crippen LogP contribution < -0.4 is 30.4 Å². The van der Waals surface area contributed by atoms with Crippen molar-refractivity contribution in [2.24, 2.45) is 11.5 Å². The molecule has 0 aliphatic carbocycles. The Hall–Kier alpha value is -2.92. The van der Waals surface area contributed by atoms with Crippen LogP contribution in [0.15, 0.2) is 30.3 Å². The zero-order chi connectivity index (χ0) is 30.9. The van der Waals surface area contributed by atoms with E-state index in [1.807, 2.05) is 0 Å². The Labute approximate surface area is 233 Å². The Balaban J connectivity index is 0.000000780. The van der Waals surface area contributed by atoms with Gasteiger partial charge in [-0.05, 0) is 35.4 Å². The zero-order valence-corrected chi connectivity index (χ0v) is 23.3. The van der Waals surface area contributed by atoms with Gasteiger partial charge in [0.05, 0.1) is 85.3 Å². The normalized spacial score (nSPS) is 11.8. The summed E-state index contributed by atoms with van der Waals surface area (Å²) >= 11 is 0. The van der Waals surface area contributed by atoms with Crippen molar-refractivity contribution < 1.29 is 59.8 Å². The van der Waals surface area contributed by atoms with Crippen molar-refractivity contribution >= 4 is 0 Å². The highest BCUT2D eigenvalue weighted by Crippen LogP contribution is 2.40. The van der Waals surface area contributed by atoms with Crippen LogP contribution in [0.25, 0.3) is 0 Å². The average molecular weight is 577 g/mol. The molecule has 0 aromatic heterocycles. The molecule has 0 spiro atoms. The smallest absolute Gasteiger partial charge is 0.203 e. The number of hydrogen-bond acceptors (Lipinski definition) is 14. The number of benzene rings is 2. The number of aliphatic hydroxyl groups is 7. The molecule has 2 rings (SSSR count). The van der Waals surface area contributed by atoms with Crippen molar-refractivity contribution in [3.63, 3.8) is 0 Å². The van der Waals surface area contributed by atoms with Crippen LogP contribution in [0, 0.1) is 0 Å². The summed E-state index contributed by atoms with van der Waals surface area (Å²) < 4.78 is 20.9. The minimum atomic E-state index is -1.21. The van der Waals surface area contributed by atoms with Gasteiger partial charge in [0, 0.05) is 6.42 Å². The van der Waals surface area contributed by atoms with Gasteiger partial charge in [0.15, 0.2) is 23.0 Å². The summed E-state index contributed by atoms with van der Waals surface area (Å²) in [5.41, 5.74) is 9.27. The zero-order valence-electron chi connectivity index (χ0n) is 23.3. The summed E-state index contributed by atoms with van der Waals surface area (Å²) in [5, 5.41) is 70.4. The molecule has 0 bridgehead atoms. The predicted octanol–water partition coefficient (Wildman–Crippen LogP) is -1.98. The quantitative estimate of drug-likeness (QED) is 0.124. The van der Waals surface area contributed by atoms with Crippen molar-refractivity contribution in [1.29, 1.82) is 0 Å². The lowest BCUT2D eigenvalue weighted by molar-refractivity contribution is 0.0695. The van der Waals surface area contributed by atoms with Crippen molar-refractivity contribution in [3.8, 4) is 28.7 Å². The van der Waals surface area contributed by atoms with Gasteiger partial charge in [0.1, 0.15) is 0 Å². The lowest BCUT2D eigenvalue weighted by Crippen LogP contribution is -2.50. The number of methoxy groups -OCH3 is 4. The third-order valence-corrected chi connectivity index (χ3v) is 5.63. The number of nitrogens with two attached hydrogens (primary N) is 2. The summed E-state index contributed by atoms with van der Waals surface area (Å²) in [6, 6.07) is 8.43. The number of aliphatic hydroxyl groups excluding tert-OH is 7. The molecule has 12 N–H and O–H groups in total. The summed E-state index contributed by atoms with van der Waals surface area (Å²) in [6.07, 6.45) is -0.484. The third kappa shape index (κ3) is 11.3. The van der Waals surface area contributed by atoms with Gasteiger partial charge in [0.2, 0.25) is 5.75 Å². The molecule has 0 unspecified atom stereocenters. The van der Waals surface area contributed by atoms with E-state index in [-0.39, 0.29) is 5.75 Å². The van der Waals surface area contributed by atoms with Crippen molar-refractivity contribution in [2.75, 3.05) is 68.1 Å². The van der Waals surface area contributed by atoms with E-state index in [0.29, 0.717) is 35.0 Å². The van der Waals surface area contributed by atoms with Crippen LogP contribution in [0.3, 0.4) is 0 Å². The first-order valence-corrected chi connectivity index (χ1v) is 12.0. The van der Waals surface area contributed by atoms with E-state index in [1.54, 1.807) is 30.3 Å². The molecule has 0 saturated heterocycles. The number of hydrogen-bond donors (Lipinski definition) is 10. The molecule has 14 heteroatoms. The Morgan fingerprint density at radius 3 is 1.32 bits per heavy atom. The highest BCUT2D eigenvalue weighted by atomic mass is 16.5. The maximum absolute atomic E-state index is 10.5. The van der Waals surface area contributed by atoms with Crippen LogP contribution in [0.2, 0.25) is 0 Å². The van der Waals surface area contributed by atoms with Crippen molar-refractivity contribution in [1.82, 2.24) is 0 Å². The van der Waals surface area contributed by atoms with E-state index in [9.17, 15) is 10.2 Å². The molecule has 0 aliphatic heterocycles. The number of rotatable bonds is 13. The van der Waals surface area contributed by atoms with Gasteiger partial charge in [-0.3, -0.25) is 0 Å². The summed E-state index contributed by atoms with van der Waals surface area (Å²) in [6.45, 7) is -2.42. The third-order valence-electron chi connectivity index (χ3n) is 5.63. The fourth-order valence-electron chi connectivity index (χ4n) is 2.80. The first-order chi connectivity index (χ1) is 18.9. The van der Waals surface area contributed by atoms with E-state index in [4.69, 9.17) is 61.1 Å². The second-order valence-corrected chi connectivity index (χ2v) is 8.86. The molecule has 230 valence electrons. The van der Waals surface area contributed by atoms with Crippen molar-refractivity contribution in [2.45, 2.75) is 23.6 Å². The van der Waals surface area contributed by atoms with Gasteiger partial charge < -0.3 is 71.3 Å². The van der Waals surface area contributed by atoms with E-state index < -0.39 is 56.8 Å². The summed E-state index contributed by atoms with van der Waals surface area (Å²) in [7, 11) is 6.06. The Morgan fingerprint density at radius 1 is 0.650 bits per heavy atom. The van der Waals surface area contributed by atoms with Gasteiger partial charge in [-0.1, -0.05) is 6.07 Å². The van der Waals surface area contributed by atoms with Gasteiger partial charge >= 0.3 is 0 Å². The summed E-state index contributed by atoms with van der Waals surface area (Å²) in [5.74, 6) is 1.85. The SMILES string of the molecule is COc1ccc(C[C@@H](O)c2cc(OC)c(OC)c(OC)c2)cc1O.NC(CO)(CO)CO.NC(CO)(CO)CO.